The summed E-state index contributed by atoms with van der Waals surface area (Å²) in [5.41, 5.74) is 0. The number of rotatable bonds is 2. The van der Waals surface area contributed by atoms with E-state index in [0.717, 1.165) is 4.90 Å². The van der Waals surface area contributed by atoms with Crippen molar-refractivity contribution >= 4 is 11.9 Å². The maximum absolute atomic E-state index is 11.0. The molecule has 0 aliphatic carbocycles. The van der Waals surface area contributed by atoms with Gasteiger partial charge in [-0.15, -0.1) is 0 Å². The lowest BCUT2D eigenvalue weighted by atomic mass is 10.5. The fourth-order valence-electron chi connectivity index (χ4n) is 0.911. The fraction of sp³-hybridized carbons (Fsp3) is 0.667. The molecular weight excluding hydrogens is 148 g/mol. The van der Waals surface area contributed by atoms with Crippen molar-refractivity contribution in [3.8, 4) is 0 Å². The number of urea groups is 1. The Morgan fingerprint density at radius 3 is 3.00 bits per heavy atom. The highest BCUT2D eigenvalue weighted by molar-refractivity contribution is 5.96. The molecule has 1 fully saturated rings. The second kappa shape index (κ2) is 3.34. The molecule has 0 radical (unpaired) electrons. The van der Waals surface area contributed by atoms with E-state index in [0.29, 0.717) is 13.1 Å². The quantitative estimate of drug-likeness (QED) is 0.571. The average molecular weight is 158 g/mol. The molecule has 0 atom stereocenters. The Balaban J connectivity index is 2.46. The Hall–Kier alpha value is -1.10. The summed E-state index contributed by atoms with van der Waals surface area (Å²) in [5, 5.41) is 2.52. The van der Waals surface area contributed by atoms with Crippen LogP contribution in [0, 0.1) is 0 Å². The number of nitrogens with one attached hydrogen (secondary N) is 1. The highest BCUT2D eigenvalue weighted by Gasteiger charge is 2.25. The zero-order valence-electron chi connectivity index (χ0n) is 6.29. The molecule has 1 aliphatic rings. The third-order valence-electron chi connectivity index (χ3n) is 1.43. The molecule has 0 aromatic heterocycles. The van der Waals surface area contributed by atoms with Crippen molar-refractivity contribution in [2.75, 3.05) is 26.8 Å². The van der Waals surface area contributed by atoms with Gasteiger partial charge >= 0.3 is 6.03 Å². The van der Waals surface area contributed by atoms with Crippen LogP contribution in [-0.2, 0) is 9.53 Å². The number of methoxy groups -OCH3 is 1. The number of imide groups is 1. The lowest BCUT2D eigenvalue weighted by Gasteiger charge is -2.10. The summed E-state index contributed by atoms with van der Waals surface area (Å²) in [7, 11) is 1.42. The number of carbonyl (C=O) groups is 2. The second-order valence-corrected chi connectivity index (χ2v) is 2.21. The third-order valence-corrected chi connectivity index (χ3v) is 1.43. The lowest BCUT2D eigenvalue weighted by Crippen LogP contribution is -2.36. The molecule has 0 spiro atoms. The first-order valence-electron chi connectivity index (χ1n) is 3.33. The van der Waals surface area contributed by atoms with Crippen LogP contribution < -0.4 is 5.32 Å². The average Bonchev–Trinajstić information content (AvgIpc) is 2.36. The molecule has 0 bridgehead atoms. The van der Waals surface area contributed by atoms with Gasteiger partial charge in [0.25, 0.3) is 5.91 Å². The van der Waals surface area contributed by atoms with E-state index in [9.17, 15) is 9.59 Å². The van der Waals surface area contributed by atoms with Crippen molar-refractivity contribution in [3.05, 3.63) is 0 Å². The minimum absolute atomic E-state index is 0.0343. The molecule has 1 heterocycles. The number of carbonyl (C=O) groups excluding carboxylic acids is 2. The van der Waals surface area contributed by atoms with Crippen LogP contribution in [0.25, 0.3) is 0 Å². The van der Waals surface area contributed by atoms with Gasteiger partial charge in [-0.1, -0.05) is 0 Å². The molecule has 1 N–H and O–H groups in total. The second-order valence-electron chi connectivity index (χ2n) is 2.21. The molecule has 3 amide bonds. The topological polar surface area (TPSA) is 58.6 Å². The van der Waals surface area contributed by atoms with Crippen LogP contribution in [0.15, 0.2) is 0 Å². The molecule has 11 heavy (non-hydrogen) atoms. The normalized spacial score (nSPS) is 16.8. The number of hydrogen-bond acceptors (Lipinski definition) is 3. The molecule has 1 saturated heterocycles. The molecule has 1 aliphatic heterocycles. The van der Waals surface area contributed by atoms with Gasteiger partial charge in [0.05, 0.1) is 0 Å². The van der Waals surface area contributed by atoms with Gasteiger partial charge < -0.3 is 10.1 Å². The van der Waals surface area contributed by atoms with Crippen molar-refractivity contribution in [1.82, 2.24) is 10.2 Å². The smallest absolute Gasteiger partial charge is 0.324 e. The van der Waals surface area contributed by atoms with Crippen LogP contribution in [0.5, 0.6) is 0 Å². The largest absolute Gasteiger partial charge is 0.375 e. The predicted octanol–water partition coefficient (Wildman–Crippen LogP) is -0.815. The van der Waals surface area contributed by atoms with Crippen molar-refractivity contribution in [1.29, 1.82) is 0 Å². The highest BCUT2D eigenvalue weighted by Crippen LogP contribution is 1.96. The minimum Gasteiger partial charge on any atom is -0.375 e. The van der Waals surface area contributed by atoms with E-state index in [2.05, 4.69) is 10.1 Å². The molecule has 0 unspecified atom stereocenters. The Bertz CT molecular complexity index is 181. The maximum atomic E-state index is 11.0. The monoisotopic (exact) mass is 158 g/mol. The van der Waals surface area contributed by atoms with Crippen molar-refractivity contribution in [2.24, 2.45) is 0 Å². The Morgan fingerprint density at radius 2 is 2.55 bits per heavy atom. The first kappa shape index (κ1) is 8.00. The Kier molecular flexibility index (Phi) is 2.43. The van der Waals surface area contributed by atoms with Crippen LogP contribution >= 0.6 is 0 Å². The summed E-state index contributed by atoms with van der Waals surface area (Å²) in [6, 6.07) is -0.327. The molecule has 0 aromatic carbocycles. The summed E-state index contributed by atoms with van der Waals surface area (Å²) in [5.74, 6) is -0.289. The molecular formula is C6H10N2O3. The lowest BCUT2D eigenvalue weighted by molar-refractivity contribution is -0.131. The zero-order chi connectivity index (χ0) is 8.27. The standard InChI is InChI=1S/C6H10N2O3/c1-11-4-5(9)8-3-2-7-6(8)10/h2-4H2,1H3,(H,7,10). The first-order valence-corrected chi connectivity index (χ1v) is 3.33. The van der Waals surface area contributed by atoms with Crippen molar-refractivity contribution in [3.63, 3.8) is 0 Å². The van der Waals surface area contributed by atoms with E-state index in [1.807, 2.05) is 0 Å². The van der Waals surface area contributed by atoms with Gasteiger partial charge in [0.1, 0.15) is 6.61 Å². The van der Waals surface area contributed by atoms with Crippen LogP contribution in [0.1, 0.15) is 0 Å². The minimum atomic E-state index is -0.327. The zero-order valence-corrected chi connectivity index (χ0v) is 6.29. The van der Waals surface area contributed by atoms with Gasteiger partial charge in [0, 0.05) is 20.2 Å². The Labute approximate surface area is 64.3 Å². The van der Waals surface area contributed by atoms with Crippen LogP contribution in [0.3, 0.4) is 0 Å². The van der Waals surface area contributed by atoms with Crippen LogP contribution in [0.4, 0.5) is 4.79 Å². The third kappa shape index (κ3) is 1.68. The van der Waals surface area contributed by atoms with Crippen LogP contribution in [-0.4, -0.2) is 43.6 Å². The summed E-state index contributed by atoms with van der Waals surface area (Å²) in [6.45, 7) is 0.947. The number of ether oxygens (including phenoxy) is 1. The van der Waals surface area contributed by atoms with Gasteiger partial charge in [0.15, 0.2) is 0 Å². The van der Waals surface area contributed by atoms with Gasteiger partial charge in [-0.3, -0.25) is 9.69 Å². The first-order chi connectivity index (χ1) is 5.25. The van der Waals surface area contributed by atoms with Crippen molar-refractivity contribution in [2.45, 2.75) is 0 Å². The van der Waals surface area contributed by atoms with Gasteiger partial charge in [-0.2, -0.15) is 0 Å². The van der Waals surface area contributed by atoms with Gasteiger partial charge in [0.2, 0.25) is 0 Å². The molecule has 62 valence electrons. The number of hydrogen-bond donors (Lipinski definition) is 1. The maximum Gasteiger partial charge on any atom is 0.324 e. The molecule has 5 nitrogen and oxygen atoms in total. The number of amides is 3. The van der Waals surface area contributed by atoms with E-state index >= 15 is 0 Å². The van der Waals surface area contributed by atoms with Gasteiger partial charge in [-0.05, 0) is 0 Å². The van der Waals surface area contributed by atoms with E-state index in [-0.39, 0.29) is 18.5 Å². The molecule has 5 heteroatoms. The van der Waals surface area contributed by atoms with Gasteiger partial charge in [-0.25, -0.2) is 4.79 Å². The fourth-order valence-corrected chi connectivity index (χ4v) is 0.911. The SMILES string of the molecule is COCC(=O)N1CCNC1=O. The van der Waals surface area contributed by atoms with Crippen LogP contribution in [0.2, 0.25) is 0 Å². The summed E-state index contributed by atoms with van der Waals surface area (Å²) >= 11 is 0. The van der Waals surface area contributed by atoms with E-state index in [1.54, 1.807) is 0 Å². The summed E-state index contributed by atoms with van der Waals surface area (Å²) in [4.78, 5) is 23.0. The summed E-state index contributed by atoms with van der Waals surface area (Å²) < 4.78 is 4.59. The van der Waals surface area contributed by atoms with E-state index in [4.69, 9.17) is 0 Å². The predicted molar refractivity (Wildman–Crippen MR) is 37.0 cm³/mol. The molecule has 1 rings (SSSR count). The summed E-state index contributed by atoms with van der Waals surface area (Å²) in [6.07, 6.45) is 0. The van der Waals surface area contributed by atoms with Crippen molar-refractivity contribution < 1.29 is 14.3 Å². The Morgan fingerprint density at radius 1 is 1.82 bits per heavy atom. The van der Waals surface area contributed by atoms with E-state index in [1.165, 1.54) is 7.11 Å². The molecule has 0 aromatic rings. The number of nitrogens with zero attached hydrogens (tertiary/aromatic N) is 1. The molecule has 0 saturated carbocycles. The highest BCUT2D eigenvalue weighted by atomic mass is 16.5. The van der Waals surface area contributed by atoms with E-state index < -0.39 is 0 Å².